The Hall–Kier alpha value is -2.31. The fourth-order valence-electron chi connectivity index (χ4n) is 3.70. The first-order valence-corrected chi connectivity index (χ1v) is 10.4. The maximum absolute atomic E-state index is 12.7. The highest BCUT2D eigenvalue weighted by Gasteiger charge is 2.25. The minimum atomic E-state index is -0.238. The van der Waals surface area contributed by atoms with Crippen LogP contribution in [0.4, 0.5) is 10.6 Å². The molecule has 1 aromatic heterocycles. The molecular weight excluding hydrogens is 356 g/mol. The SMILES string of the molecule is CC(C)COC(=O)N1CCN(c2ccc(C(=O)N3CCC[C@@H](C)C3)cn2)CC1. The quantitative estimate of drug-likeness (QED) is 0.793. The van der Waals surface area contributed by atoms with Crippen molar-refractivity contribution in [3.8, 4) is 0 Å². The van der Waals surface area contributed by atoms with Crippen LogP contribution in [-0.4, -0.2) is 72.7 Å². The molecule has 1 atom stereocenters. The van der Waals surface area contributed by atoms with E-state index in [9.17, 15) is 9.59 Å². The van der Waals surface area contributed by atoms with Gasteiger partial charge in [0.25, 0.3) is 5.91 Å². The summed E-state index contributed by atoms with van der Waals surface area (Å²) >= 11 is 0. The van der Waals surface area contributed by atoms with Crippen molar-refractivity contribution in [1.82, 2.24) is 14.8 Å². The predicted molar refractivity (Wildman–Crippen MR) is 109 cm³/mol. The monoisotopic (exact) mass is 388 g/mol. The molecule has 0 saturated carbocycles. The summed E-state index contributed by atoms with van der Waals surface area (Å²) in [6, 6.07) is 3.78. The highest BCUT2D eigenvalue weighted by atomic mass is 16.6. The van der Waals surface area contributed by atoms with Gasteiger partial charge in [0, 0.05) is 45.5 Å². The minimum Gasteiger partial charge on any atom is -0.449 e. The summed E-state index contributed by atoms with van der Waals surface area (Å²) < 4.78 is 5.30. The number of hydrogen-bond donors (Lipinski definition) is 0. The Morgan fingerprint density at radius 3 is 2.50 bits per heavy atom. The number of piperazine rings is 1. The average Bonchev–Trinajstić information content (AvgIpc) is 2.71. The molecule has 2 aliphatic rings. The van der Waals surface area contributed by atoms with Crippen LogP contribution in [-0.2, 0) is 4.74 Å². The lowest BCUT2D eigenvalue weighted by Gasteiger charge is -2.35. The van der Waals surface area contributed by atoms with Crippen molar-refractivity contribution in [1.29, 1.82) is 0 Å². The van der Waals surface area contributed by atoms with E-state index in [4.69, 9.17) is 4.74 Å². The van der Waals surface area contributed by atoms with Crippen LogP contribution in [0, 0.1) is 11.8 Å². The van der Waals surface area contributed by atoms with Gasteiger partial charge in [-0.25, -0.2) is 9.78 Å². The lowest BCUT2D eigenvalue weighted by Crippen LogP contribution is -2.49. The second-order valence-electron chi connectivity index (χ2n) is 8.35. The molecule has 7 heteroatoms. The zero-order chi connectivity index (χ0) is 20.1. The van der Waals surface area contributed by atoms with Gasteiger partial charge in [-0.15, -0.1) is 0 Å². The third kappa shape index (κ3) is 5.14. The number of aromatic nitrogens is 1. The van der Waals surface area contributed by atoms with Crippen LogP contribution in [0.15, 0.2) is 18.3 Å². The number of piperidine rings is 1. The van der Waals surface area contributed by atoms with Gasteiger partial charge in [-0.3, -0.25) is 4.79 Å². The molecule has 1 aromatic rings. The Balaban J connectivity index is 1.52. The Kier molecular flexibility index (Phi) is 6.75. The van der Waals surface area contributed by atoms with E-state index in [0.29, 0.717) is 50.2 Å². The van der Waals surface area contributed by atoms with Crippen LogP contribution in [0.5, 0.6) is 0 Å². The number of carbonyl (C=O) groups is 2. The molecule has 7 nitrogen and oxygen atoms in total. The van der Waals surface area contributed by atoms with E-state index in [0.717, 1.165) is 25.3 Å². The van der Waals surface area contributed by atoms with E-state index in [-0.39, 0.29) is 12.0 Å². The topological polar surface area (TPSA) is 66.0 Å². The number of amides is 2. The molecule has 3 heterocycles. The summed E-state index contributed by atoms with van der Waals surface area (Å²) in [5.41, 5.74) is 0.647. The van der Waals surface area contributed by atoms with E-state index >= 15 is 0 Å². The van der Waals surface area contributed by atoms with Gasteiger partial charge in [-0.1, -0.05) is 20.8 Å². The van der Waals surface area contributed by atoms with E-state index in [1.165, 1.54) is 6.42 Å². The molecule has 2 aliphatic heterocycles. The zero-order valence-corrected chi connectivity index (χ0v) is 17.3. The Bertz CT molecular complexity index is 669. The number of ether oxygens (including phenoxy) is 1. The summed E-state index contributed by atoms with van der Waals surface area (Å²) in [5.74, 6) is 1.82. The molecule has 28 heavy (non-hydrogen) atoms. The van der Waals surface area contributed by atoms with Crippen molar-refractivity contribution in [3.05, 3.63) is 23.9 Å². The summed E-state index contributed by atoms with van der Waals surface area (Å²) in [6.45, 7) is 11.0. The minimum absolute atomic E-state index is 0.0725. The first kappa shape index (κ1) is 20.4. The van der Waals surface area contributed by atoms with Gasteiger partial charge in [-0.05, 0) is 36.8 Å². The van der Waals surface area contributed by atoms with E-state index in [1.54, 1.807) is 11.1 Å². The average molecular weight is 389 g/mol. The Morgan fingerprint density at radius 1 is 1.14 bits per heavy atom. The van der Waals surface area contributed by atoms with Gasteiger partial charge >= 0.3 is 6.09 Å². The van der Waals surface area contributed by atoms with Gasteiger partial charge in [0.1, 0.15) is 5.82 Å². The van der Waals surface area contributed by atoms with Crippen molar-refractivity contribution >= 4 is 17.8 Å². The molecule has 0 spiro atoms. The third-order valence-electron chi connectivity index (χ3n) is 5.34. The fraction of sp³-hybridized carbons (Fsp3) is 0.667. The lowest BCUT2D eigenvalue weighted by atomic mass is 10.00. The molecule has 3 rings (SSSR count). The van der Waals surface area contributed by atoms with Crippen molar-refractivity contribution in [2.45, 2.75) is 33.6 Å². The molecule has 0 N–H and O–H groups in total. The number of rotatable bonds is 4. The molecule has 0 aromatic carbocycles. The van der Waals surface area contributed by atoms with Crippen LogP contribution in [0.3, 0.4) is 0 Å². The van der Waals surface area contributed by atoms with Crippen LogP contribution in [0.25, 0.3) is 0 Å². The van der Waals surface area contributed by atoms with Crippen LogP contribution in [0.2, 0.25) is 0 Å². The summed E-state index contributed by atoms with van der Waals surface area (Å²) in [7, 11) is 0. The summed E-state index contributed by atoms with van der Waals surface area (Å²) in [6.07, 6.45) is 3.71. The number of pyridine rings is 1. The van der Waals surface area contributed by atoms with E-state index in [1.807, 2.05) is 30.9 Å². The maximum Gasteiger partial charge on any atom is 0.409 e. The number of nitrogens with zero attached hydrogens (tertiary/aromatic N) is 4. The van der Waals surface area contributed by atoms with Crippen LogP contribution >= 0.6 is 0 Å². The molecule has 2 saturated heterocycles. The summed E-state index contributed by atoms with van der Waals surface area (Å²) in [5, 5.41) is 0. The third-order valence-corrected chi connectivity index (χ3v) is 5.34. The second kappa shape index (κ2) is 9.26. The normalized spacial score (nSPS) is 20.4. The fourth-order valence-corrected chi connectivity index (χ4v) is 3.70. The summed E-state index contributed by atoms with van der Waals surface area (Å²) in [4.78, 5) is 35.1. The largest absolute Gasteiger partial charge is 0.449 e. The Labute approximate surface area is 167 Å². The van der Waals surface area contributed by atoms with Gasteiger partial charge in [-0.2, -0.15) is 0 Å². The van der Waals surface area contributed by atoms with Gasteiger partial charge in [0.15, 0.2) is 0 Å². The molecule has 154 valence electrons. The molecule has 2 amide bonds. The zero-order valence-electron chi connectivity index (χ0n) is 17.3. The molecule has 0 unspecified atom stereocenters. The molecule has 2 fully saturated rings. The number of anilines is 1. The van der Waals surface area contributed by atoms with Crippen molar-refractivity contribution < 1.29 is 14.3 Å². The van der Waals surface area contributed by atoms with Crippen molar-refractivity contribution in [3.63, 3.8) is 0 Å². The van der Waals surface area contributed by atoms with E-state index in [2.05, 4.69) is 16.8 Å². The predicted octanol–water partition coefficient (Wildman–Crippen LogP) is 2.87. The molecule has 0 radical (unpaired) electrons. The second-order valence-corrected chi connectivity index (χ2v) is 8.35. The van der Waals surface area contributed by atoms with E-state index < -0.39 is 0 Å². The number of likely N-dealkylation sites (tertiary alicyclic amines) is 1. The standard InChI is InChI=1S/C21H32N4O3/c1-16(2)15-28-21(27)24-11-9-23(10-12-24)19-7-6-18(13-22-19)20(26)25-8-4-5-17(3)14-25/h6-7,13,16-17H,4-5,8-12,14-15H2,1-3H3/t17-/m1/s1. The maximum atomic E-state index is 12.7. The van der Waals surface area contributed by atoms with Crippen molar-refractivity contribution in [2.24, 2.45) is 11.8 Å². The number of hydrogen-bond acceptors (Lipinski definition) is 5. The first-order chi connectivity index (χ1) is 13.4. The smallest absolute Gasteiger partial charge is 0.409 e. The lowest BCUT2D eigenvalue weighted by molar-refractivity contribution is 0.0682. The molecule has 0 bridgehead atoms. The number of carbonyl (C=O) groups excluding carboxylic acids is 2. The first-order valence-electron chi connectivity index (χ1n) is 10.4. The molecular formula is C21H32N4O3. The van der Waals surface area contributed by atoms with Gasteiger partial charge < -0.3 is 19.4 Å². The highest BCUT2D eigenvalue weighted by molar-refractivity contribution is 5.94. The van der Waals surface area contributed by atoms with Crippen LogP contribution < -0.4 is 4.90 Å². The van der Waals surface area contributed by atoms with Crippen LogP contribution in [0.1, 0.15) is 44.0 Å². The highest BCUT2D eigenvalue weighted by Crippen LogP contribution is 2.19. The van der Waals surface area contributed by atoms with Gasteiger partial charge in [0.05, 0.1) is 12.2 Å². The Morgan fingerprint density at radius 2 is 1.89 bits per heavy atom. The van der Waals surface area contributed by atoms with Gasteiger partial charge in [0.2, 0.25) is 0 Å². The van der Waals surface area contributed by atoms with Crippen molar-refractivity contribution in [2.75, 3.05) is 50.8 Å². The molecule has 0 aliphatic carbocycles.